The van der Waals surface area contributed by atoms with Gasteiger partial charge < -0.3 is 20.2 Å². The zero-order valence-corrected chi connectivity index (χ0v) is 21.6. The summed E-state index contributed by atoms with van der Waals surface area (Å²) in [5.74, 6) is -3.51. The van der Waals surface area contributed by atoms with Crippen LogP contribution in [0.1, 0.15) is 52.1 Å². The molecule has 16 heteroatoms. The number of halogens is 3. The standard InChI is InChI=1S/C23H25N7O4.C2HF3O2/c31-20-4-3-19(22(33)25-20)29-11-13-1-2-15(9-16(13)23(29)34)30-12-18(26-27-30)21(32)24-17-6-8-28-7-5-14(17)10-28;3-2(4,5)1(6)7/h1-2,9,12,14,17,19H,3-8,10-11H2,(H,24,32)(H,25,31,33);(H,6,7). The lowest BCUT2D eigenvalue weighted by Gasteiger charge is -2.30. The van der Waals surface area contributed by atoms with Gasteiger partial charge in [-0.2, -0.15) is 13.2 Å². The van der Waals surface area contributed by atoms with Crippen LogP contribution in [0.25, 0.3) is 5.69 Å². The van der Waals surface area contributed by atoms with E-state index in [1.807, 2.05) is 12.1 Å². The molecule has 4 aliphatic rings. The minimum Gasteiger partial charge on any atom is -0.475 e. The molecule has 3 N–H and O–H groups in total. The molecule has 4 aliphatic heterocycles. The summed E-state index contributed by atoms with van der Waals surface area (Å²) in [6.45, 7) is 3.46. The molecule has 3 fully saturated rings. The Kier molecular flexibility index (Phi) is 7.50. The molecule has 5 heterocycles. The van der Waals surface area contributed by atoms with Crippen LogP contribution in [0, 0.1) is 5.92 Å². The molecule has 2 aromatic rings. The Bertz CT molecular complexity index is 1410. The van der Waals surface area contributed by atoms with Gasteiger partial charge in [0.2, 0.25) is 11.8 Å². The second-order valence-corrected chi connectivity index (χ2v) is 10.3. The Hall–Kier alpha value is -4.34. The lowest BCUT2D eigenvalue weighted by molar-refractivity contribution is -0.192. The number of aromatic nitrogens is 3. The zero-order chi connectivity index (χ0) is 29.5. The number of benzene rings is 1. The van der Waals surface area contributed by atoms with E-state index in [2.05, 4.69) is 25.8 Å². The Balaban J connectivity index is 0.000000431. The van der Waals surface area contributed by atoms with Gasteiger partial charge in [-0.3, -0.25) is 24.5 Å². The van der Waals surface area contributed by atoms with Crippen LogP contribution in [0.15, 0.2) is 24.4 Å². The first-order valence-corrected chi connectivity index (χ1v) is 12.9. The highest BCUT2D eigenvalue weighted by Gasteiger charge is 2.40. The quantitative estimate of drug-likeness (QED) is 0.438. The summed E-state index contributed by atoms with van der Waals surface area (Å²) in [7, 11) is 0. The van der Waals surface area contributed by atoms with E-state index in [-0.39, 0.29) is 35.9 Å². The lowest BCUT2D eigenvalue weighted by Crippen LogP contribution is -2.52. The van der Waals surface area contributed by atoms with Gasteiger partial charge in [0.1, 0.15) is 6.04 Å². The molecule has 3 saturated heterocycles. The van der Waals surface area contributed by atoms with Gasteiger partial charge in [-0.05, 0) is 49.4 Å². The van der Waals surface area contributed by atoms with Crippen LogP contribution < -0.4 is 10.6 Å². The Morgan fingerprint density at radius 3 is 2.54 bits per heavy atom. The molecule has 0 radical (unpaired) electrons. The van der Waals surface area contributed by atoms with Crippen LogP contribution in [-0.2, 0) is 20.9 Å². The summed E-state index contributed by atoms with van der Waals surface area (Å²) in [5.41, 5.74) is 2.13. The first-order valence-electron chi connectivity index (χ1n) is 12.9. The van der Waals surface area contributed by atoms with Crippen LogP contribution >= 0.6 is 0 Å². The molecule has 13 nitrogen and oxygen atoms in total. The van der Waals surface area contributed by atoms with Crippen molar-refractivity contribution in [1.82, 2.24) is 35.4 Å². The molecule has 0 aliphatic carbocycles. The van der Waals surface area contributed by atoms with E-state index in [0.717, 1.165) is 38.0 Å². The monoisotopic (exact) mass is 577 g/mol. The maximum Gasteiger partial charge on any atom is 0.490 e. The van der Waals surface area contributed by atoms with Crippen molar-refractivity contribution in [3.05, 3.63) is 41.2 Å². The van der Waals surface area contributed by atoms with Gasteiger partial charge in [-0.1, -0.05) is 11.3 Å². The molecule has 1 aromatic heterocycles. The topological polar surface area (TPSA) is 167 Å². The number of carboxylic acids is 1. The number of carboxylic acid groups (broad SMARTS) is 1. The summed E-state index contributed by atoms with van der Waals surface area (Å²) in [4.78, 5) is 62.4. The van der Waals surface area contributed by atoms with E-state index in [4.69, 9.17) is 9.90 Å². The van der Waals surface area contributed by atoms with Crippen molar-refractivity contribution in [1.29, 1.82) is 0 Å². The summed E-state index contributed by atoms with van der Waals surface area (Å²) >= 11 is 0. The number of nitrogens with one attached hydrogen (secondary N) is 2. The molecule has 218 valence electrons. The number of rotatable bonds is 4. The summed E-state index contributed by atoms with van der Waals surface area (Å²) < 4.78 is 33.2. The van der Waals surface area contributed by atoms with E-state index in [0.29, 0.717) is 30.1 Å². The van der Waals surface area contributed by atoms with Crippen LogP contribution in [-0.4, -0.2) is 97.4 Å². The number of carbonyl (C=O) groups excluding carboxylic acids is 4. The van der Waals surface area contributed by atoms with E-state index in [1.54, 1.807) is 12.3 Å². The number of nitrogens with zero attached hydrogens (tertiary/aromatic N) is 5. The van der Waals surface area contributed by atoms with E-state index in [9.17, 15) is 32.3 Å². The number of piperidine rings is 2. The Morgan fingerprint density at radius 2 is 1.83 bits per heavy atom. The average molecular weight is 578 g/mol. The smallest absolute Gasteiger partial charge is 0.475 e. The maximum atomic E-state index is 13.1. The number of amides is 4. The van der Waals surface area contributed by atoms with Crippen molar-refractivity contribution in [2.75, 3.05) is 19.6 Å². The van der Waals surface area contributed by atoms with Gasteiger partial charge in [0, 0.05) is 37.7 Å². The Labute approximate surface area is 230 Å². The van der Waals surface area contributed by atoms with Crippen LogP contribution in [0.4, 0.5) is 13.2 Å². The fraction of sp³-hybridized carbons (Fsp3) is 0.480. The van der Waals surface area contributed by atoms with Crippen molar-refractivity contribution in [2.24, 2.45) is 5.92 Å². The summed E-state index contributed by atoms with van der Waals surface area (Å²) in [6, 6.07) is 4.84. The zero-order valence-electron chi connectivity index (χ0n) is 21.6. The molecule has 41 heavy (non-hydrogen) atoms. The van der Waals surface area contributed by atoms with Crippen LogP contribution in [0.2, 0.25) is 0 Å². The highest BCUT2D eigenvalue weighted by Crippen LogP contribution is 2.29. The largest absolute Gasteiger partial charge is 0.490 e. The van der Waals surface area contributed by atoms with Gasteiger partial charge >= 0.3 is 12.1 Å². The molecular weight excluding hydrogens is 551 g/mol. The molecule has 4 atom stereocenters. The molecule has 4 amide bonds. The van der Waals surface area contributed by atoms with Gasteiger partial charge in [0.25, 0.3) is 11.8 Å². The predicted molar refractivity (Wildman–Crippen MR) is 132 cm³/mol. The third-order valence-corrected chi connectivity index (χ3v) is 7.70. The second-order valence-electron chi connectivity index (χ2n) is 10.3. The first-order chi connectivity index (χ1) is 19.4. The number of alkyl halides is 3. The van der Waals surface area contributed by atoms with Gasteiger partial charge in [0.15, 0.2) is 5.69 Å². The minimum atomic E-state index is -5.08. The van der Waals surface area contributed by atoms with E-state index < -0.39 is 24.1 Å². The van der Waals surface area contributed by atoms with Crippen molar-refractivity contribution in [3.63, 3.8) is 0 Å². The third-order valence-electron chi connectivity index (χ3n) is 7.70. The minimum absolute atomic E-state index is 0.160. The van der Waals surface area contributed by atoms with Crippen molar-refractivity contribution < 1.29 is 42.3 Å². The number of imide groups is 1. The highest BCUT2D eigenvalue weighted by molar-refractivity contribution is 6.05. The highest BCUT2D eigenvalue weighted by atomic mass is 19.4. The van der Waals surface area contributed by atoms with Crippen LogP contribution in [0.3, 0.4) is 0 Å². The molecule has 4 unspecified atom stereocenters. The number of carbonyl (C=O) groups is 5. The molecular formula is C25H26F3N7O6. The molecule has 2 bridgehead atoms. The number of hydrogen-bond acceptors (Lipinski definition) is 8. The van der Waals surface area contributed by atoms with Gasteiger partial charge in [-0.15, -0.1) is 5.10 Å². The molecule has 0 spiro atoms. The van der Waals surface area contributed by atoms with Crippen molar-refractivity contribution in [2.45, 2.75) is 50.5 Å². The Morgan fingerprint density at radius 1 is 1.10 bits per heavy atom. The average Bonchev–Trinajstić information content (AvgIpc) is 3.64. The SMILES string of the molecule is O=C(O)C(F)(F)F.O=C1CCC(N2Cc3ccc(-n4cc(C(=O)NC5CCN6CCC5C6)nn4)cc3C2=O)C(=O)N1. The fourth-order valence-corrected chi connectivity index (χ4v) is 5.56. The van der Waals surface area contributed by atoms with E-state index >= 15 is 0 Å². The predicted octanol–water partition coefficient (Wildman–Crippen LogP) is 0.486. The normalized spacial score (nSPS) is 25.2. The first kappa shape index (κ1) is 28.2. The third kappa shape index (κ3) is 5.91. The number of aliphatic carboxylic acids is 1. The van der Waals surface area contributed by atoms with Crippen molar-refractivity contribution in [3.8, 4) is 5.69 Å². The van der Waals surface area contributed by atoms with Crippen molar-refractivity contribution >= 4 is 29.6 Å². The van der Waals surface area contributed by atoms with Gasteiger partial charge in [0.05, 0.1) is 11.9 Å². The fourth-order valence-electron chi connectivity index (χ4n) is 5.56. The van der Waals surface area contributed by atoms with Crippen LogP contribution in [0.5, 0.6) is 0 Å². The molecule has 1 aromatic carbocycles. The summed E-state index contributed by atoms with van der Waals surface area (Å²) in [5, 5.41) is 20.7. The summed E-state index contributed by atoms with van der Waals surface area (Å²) in [6.07, 6.45) is -0.930. The molecule has 0 saturated carbocycles. The maximum absolute atomic E-state index is 13.1. The number of fused-ring (bicyclic) bond motifs is 3. The van der Waals surface area contributed by atoms with E-state index in [1.165, 1.54) is 9.58 Å². The second kappa shape index (κ2) is 10.9. The van der Waals surface area contributed by atoms with Gasteiger partial charge in [-0.25, -0.2) is 9.48 Å². The number of hydrogen-bond donors (Lipinski definition) is 3. The molecule has 6 rings (SSSR count). The lowest BCUT2D eigenvalue weighted by atomic mass is 9.94.